The van der Waals surface area contributed by atoms with E-state index in [9.17, 15) is 18.9 Å². The molecule has 122 valence electrons. The molecule has 21 heavy (non-hydrogen) atoms. The molecule has 1 unspecified atom stereocenters. The fourth-order valence-electron chi connectivity index (χ4n) is 0.770. The minimum absolute atomic E-state index is 0.590. The van der Waals surface area contributed by atoms with Crippen LogP contribution in [-0.2, 0) is 28.2 Å². The second kappa shape index (κ2) is 7.96. The first-order chi connectivity index (χ1) is 9.44. The Balaban J connectivity index is 3.98. The monoisotopic (exact) mass is 327 g/mol. The fraction of sp³-hybridized carbons (Fsp3) is 0.700. The second-order valence-corrected chi connectivity index (χ2v) is 6.72. The van der Waals surface area contributed by atoms with Gasteiger partial charge in [0.05, 0.1) is 5.41 Å². The van der Waals surface area contributed by atoms with Crippen molar-refractivity contribution in [1.82, 2.24) is 5.32 Å². The van der Waals surface area contributed by atoms with Gasteiger partial charge in [-0.3, -0.25) is 13.9 Å². The number of rotatable bonds is 7. The summed E-state index contributed by atoms with van der Waals surface area (Å²) in [6.07, 6.45) is -1.96. The molecule has 11 heteroatoms. The van der Waals surface area contributed by atoms with E-state index in [4.69, 9.17) is 10.00 Å². The third-order valence-electron chi connectivity index (χ3n) is 1.81. The Labute approximate surface area is 120 Å². The molecule has 0 saturated carbocycles. The lowest BCUT2D eigenvalue weighted by molar-refractivity contribution is -0.161. The van der Waals surface area contributed by atoms with Crippen molar-refractivity contribution in [2.24, 2.45) is 5.41 Å². The number of aliphatic carboxylic acids is 1. The predicted octanol–water partition coefficient (Wildman–Crippen LogP) is 0.504. The lowest BCUT2D eigenvalue weighted by Crippen LogP contribution is -2.29. The molecule has 0 saturated heterocycles. The molecule has 0 aromatic rings. The Morgan fingerprint density at radius 1 is 1.19 bits per heavy atom. The van der Waals surface area contributed by atoms with Gasteiger partial charge in [-0.15, -0.1) is 0 Å². The van der Waals surface area contributed by atoms with Crippen LogP contribution < -0.4 is 5.32 Å². The van der Waals surface area contributed by atoms with Gasteiger partial charge in [-0.05, 0) is 20.8 Å². The Morgan fingerprint density at radius 3 is 2.24 bits per heavy atom. The zero-order valence-electron chi connectivity index (χ0n) is 11.8. The zero-order valence-corrected chi connectivity index (χ0v) is 12.7. The van der Waals surface area contributed by atoms with Crippen LogP contribution in [0.3, 0.4) is 0 Å². The molecular formula is C10H18NO9P. The van der Waals surface area contributed by atoms with Crippen molar-refractivity contribution in [1.29, 1.82) is 0 Å². The molecule has 0 aliphatic carbocycles. The molecule has 0 rings (SSSR count). The first-order valence-corrected chi connectivity index (χ1v) is 7.46. The van der Waals surface area contributed by atoms with Crippen molar-refractivity contribution in [3.63, 3.8) is 0 Å². The molecule has 0 aliphatic rings. The molecule has 0 aromatic carbocycles. The summed E-state index contributed by atoms with van der Waals surface area (Å²) in [6, 6.07) is 0. The average Bonchev–Trinajstić information content (AvgIpc) is 2.33. The van der Waals surface area contributed by atoms with Gasteiger partial charge in [0.2, 0.25) is 6.79 Å². The zero-order chi connectivity index (χ0) is 16.7. The molecule has 1 atom stereocenters. The summed E-state index contributed by atoms with van der Waals surface area (Å²) < 4.78 is 24.5. The number of hydrogen-bond donors (Lipinski definition) is 3. The van der Waals surface area contributed by atoms with Crippen LogP contribution in [0.4, 0.5) is 4.79 Å². The van der Waals surface area contributed by atoms with E-state index in [0.717, 1.165) is 0 Å². The van der Waals surface area contributed by atoms with Crippen molar-refractivity contribution in [2.45, 2.75) is 20.8 Å². The second-order valence-electron chi connectivity index (χ2n) is 4.87. The van der Waals surface area contributed by atoms with Gasteiger partial charge in [-0.1, -0.05) is 0 Å². The smallest absolute Gasteiger partial charge is 0.410 e. The Morgan fingerprint density at radius 2 is 1.76 bits per heavy atom. The van der Waals surface area contributed by atoms with E-state index in [-0.39, 0.29) is 0 Å². The summed E-state index contributed by atoms with van der Waals surface area (Å²) >= 11 is 0. The third kappa shape index (κ3) is 9.83. The van der Waals surface area contributed by atoms with Crippen molar-refractivity contribution < 1.29 is 42.9 Å². The summed E-state index contributed by atoms with van der Waals surface area (Å²) in [4.78, 5) is 41.7. The van der Waals surface area contributed by atoms with Crippen LogP contribution in [0.2, 0.25) is 0 Å². The van der Waals surface area contributed by atoms with Gasteiger partial charge >= 0.3 is 25.6 Å². The highest BCUT2D eigenvalue weighted by atomic mass is 31.2. The quantitative estimate of drug-likeness (QED) is 0.345. The molecular weight excluding hydrogens is 309 g/mol. The third-order valence-corrected chi connectivity index (χ3v) is 2.90. The number of amides is 1. The number of carbonyl (C=O) groups excluding carboxylic acids is 2. The summed E-state index contributed by atoms with van der Waals surface area (Å²) in [7, 11) is -4.28. The number of carbonyl (C=O) groups is 3. The van der Waals surface area contributed by atoms with Gasteiger partial charge in [0.1, 0.15) is 6.29 Å². The van der Waals surface area contributed by atoms with E-state index in [0.29, 0.717) is 0 Å². The molecule has 0 aliphatic heterocycles. The largest absolute Gasteiger partial charge is 0.480 e. The predicted molar refractivity (Wildman–Crippen MR) is 68.3 cm³/mol. The van der Waals surface area contributed by atoms with Gasteiger partial charge < -0.3 is 24.8 Å². The average molecular weight is 327 g/mol. The van der Waals surface area contributed by atoms with E-state index in [1.165, 1.54) is 0 Å². The first kappa shape index (κ1) is 19.4. The molecule has 1 amide bonds. The number of carboxylic acids is 1. The fourth-order valence-corrected chi connectivity index (χ4v) is 1.50. The summed E-state index contributed by atoms with van der Waals surface area (Å²) in [5.41, 5.74) is -0.759. The number of alkyl carbamates (subject to hydrolysis) is 1. The highest BCUT2D eigenvalue weighted by Crippen LogP contribution is 2.39. The highest BCUT2D eigenvalue weighted by Gasteiger charge is 2.24. The maximum atomic E-state index is 11.3. The van der Waals surface area contributed by atoms with Gasteiger partial charge in [0.25, 0.3) is 0 Å². The van der Waals surface area contributed by atoms with E-state index in [1.54, 1.807) is 20.8 Å². The summed E-state index contributed by atoms with van der Waals surface area (Å²) in [6.45, 7) is 3.19. The van der Waals surface area contributed by atoms with E-state index in [2.05, 4.69) is 14.0 Å². The highest BCUT2D eigenvalue weighted by molar-refractivity contribution is 7.52. The van der Waals surface area contributed by atoms with Crippen molar-refractivity contribution in [3.05, 3.63) is 0 Å². The molecule has 3 N–H and O–H groups in total. The maximum Gasteiger partial charge on any atom is 0.410 e. The molecule has 0 bridgehead atoms. The van der Waals surface area contributed by atoms with E-state index < -0.39 is 50.7 Å². The minimum Gasteiger partial charge on any atom is -0.480 e. The standard InChI is InChI=1S/C10H18NO9P/c1-10(2,3)8(14)18-6-19-9(15)11-5-21(16,17)20-4-7(12)13/h4-6H2,1-3H3,(H,11,15)(H,12,13)(H,16,17). The lowest BCUT2D eigenvalue weighted by atomic mass is 9.98. The number of hydrogen-bond acceptors (Lipinski definition) is 7. The van der Waals surface area contributed by atoms with Crippen LogP contribution in [0.5, 0.6) is 0 Å². The van der Waals surface area contributed by atoms with E-state index in [1.807, 2.05) is 5.32 Å². The normalized spacial score (nSPS) is 13.9. The first-order valence-electron chi connectivity index (χ1n) is 5.70. The number of nitrogens with one attached hydrogen (secondary N) is 1. The Hall–Kier alpha value is -1.64. The minimum atomic E-state index is -4.28. The van der Waals surface area contributed by atoms with Gasteiger partial charge in [0.15, 0.2) is 6.61 Å². The number of esters is 1. The van der Waals surface area contributed by atoms with Crippen LogP contribution in [0.25, 0.3) is 0 Å². The number of ether oxygens (including phenoxy) is 2. The number of carboxylic acid groups (broad SMARTS) is 1. The van der Waals surface area contributed by atoms with Crippen LogP contribution in [-0.4, -0.2) is 47.7 Å². The molecule has 0 heterocycles. The van der Waals surface area contributed by atoms with Crippen LogP contribution in [0, 0.1) is 5.41 Å². The Kier molecular flexibility index (Phi) is 7.34. The molecule has 0 spiro atoms. The molecule has 0 fully saturated rings. The van der Waals surface area contributed by atoms with Gasteiger partial charge in [0, 0.05) is 0 Å². The van der Waals surface area contributed by atoms with Crippen LogP contribution in [0.1, 0.15) is 20.8 Å². The van der Waals surface area contributed by atoms with E-state index >= 15 is 0 Å². The summed E-state index contributed by atoms with van der Waals surface area (Å²) in [5, 5.41) is 10.1. The van der Waals surface area contributed by atoms with Crippen LogP contribution >= 0.6 is 7.60 Å². The lowest BCUT2D eigenvalue weighted by Gasteiger charge is -2.16. The maximum absolute atomic E-state index is 11.3. The van der Waals surface area contributed by atoms with Gasteiger partial charge in [-0.2, -0.15) is 0 Å². The Bertz CT molecular complexity index is 442. The van der Waals surface area contributed by atoms with Gasteiger partial charge in [-0.25, -0.2) is 9.59 Å². The molecule has 0 aromatic heterocycles. The van der Waals surface area contributed by atoms with Crippen molar-refractivity contribution >= 4 is 25.6 Å². The van der Waals surface area contributed by atoms with Crippen molar-refractivity contribution in [3.8, 4) is 0 Å². The SMILES string of the molecule is CC(C)(C)C(=O)OCOC(=O)NCP(=O)(O)OCC(=O)O. The topological polar surface area (TPSA) is 148 Å². The van der Waals surface area contributed by atoms with Crippen molar-refractivity contribution in [2.75, 3.05) is 19.7 Å². The molecule has 10 nitrogen and oxygen atoms in total. The molecule has 0 radical (unpaired) electrons. The summed E-state index contributed by atoms with van der Waals surface area (Å²) in [5.74, 6) is -2.02. The van der Waals surface area contributed by atoms with Crippen LogP contribution in [0.15, 0.2) is 0 Å².